The Bertz CT molecular complexity index is 541. The maximum absolute atomic E-state index is 13.4. The quantitative estimate of drug-likeness (QED) is 0.684. The summed E-state index contributed by atoms with van der Waals surface area (Å²) in [5.74, 6) is -0.841. The van der Waals surface area contributed by atoms with Crippen molar-refractivity contribution in [3.63, 3.8) is 0 Å². The normalized spacial score (nSPS) is 11.4. The molecule has 0 saturated heterocycles. The molecular formula is C13H14F2N2S. The summed E-state index contributed by atoms with van der Waals surface area (Å²) in [7, 11) is -0.439. The van der Waals surface area contributed by atoms with Crippen molar-refractivity contribution in [3.8, 4) is 0 Å². The van der Waals surface area contributed by atoms with Crippen LogP contribution < -0.4 is 0 Å². The van der Waals surface area contributed by atoms with Crippen LogP contribution in [0.25, 0.3) is 0 Å². The molecule has 5 heteroatoms. The van der Waals surface area contributed by atoms with Gasteiger partial charge in [0.05, 0.1) is 11.2 Å². The van der Waals surface area contributed by atoms with Gasteiger partial charge < -0.3 is 0 Å². The molecule has 0 aromatic carbocycles. The van der Waals surface area contributed by atoms with E-state index in [0.29, 0.717) is 12.1 Å². The highest BCUT2D eigenvalue weighted by atomic mass is 32.2. The molecule has 0 amide bonds. The molecule has 18 heavy (non-hydrogen) atoms. The molecule has 96 valence electrons. The van der Waals surface area contributed by atoms with E-state index in [1.165, 1.54) is 18.3 Å². The van der Waals surface area contributed by atoms with Crippen LogP contribution in [-0.2, 0) is 6.42 Å². The highest BCUT2D eigenvalue weighted by Gasteiger charge is 2.06. The number of rotatable bonds is 3. The molecule has 2 aromatic heterocycles. The first-order chi connectivity index (χ1) is 8.54. The molecule has 2 aromatic rings. The number of nitrogens with zero attached hydrogens (tertiary/aromatic N) is 2. The first-order valence-corrected chi connectivity index (χ1v) is 7.72. The van der Waals surface area contributed by atoms with Crippen molar-refractivity contribution in [1.29, 1.82) is 0 Å². The van der Waals surface area contributed by atoms with Crippen LogP contribution in [0, 0.1) is 11.8 Å². The van der Waals surface area contributed by atoms with Gasteiger partial charge in [-0.25, -0.2) is 20.3 Å². The number of halogens is 2. The zero-order chi connectivity index (χ0) is 13.1. The molecule has 0 fully saturated rings. The molecule has 0 radical (unpaired) electrons. The molecular weight excluding hydrogens is 254 g/mol. The van der Waals surface area contributed by atoms with Crippen molar-refractivity contribution in [1.82, 2.24) is 9.97 Å². The molecule has 0 saturated carbocycles. The fourth-order valence-corrected chi connectivity index (χ4v) is 2.31. The molecule has 2 nitrogen and oxygen atoms in total. The predicted molar refractivity (Wildman–Crippen MR) is 70.3 cm³/mol. The highest BCUT2D eigenvalue weighted by Crippen LogP contribution is 2.27. The van der Waals surface area contributed by atoms with Crippen LogP contribution in [0.2, 0.25) is 0 Å². The second-order valence-electron chi connectivity index (χ2n) is 4.20. The van der Waals surface area contributed by atoms with Crippen LogP contribution >= 0.6 is 10.9 Å². The Morgan fingerprint density at radius 2 is 1.94 bits per heavy atom. The summed E-state index contributed by atoms with van der Waals surface area (Å²) in [4.78, 5) is 7.84. The fraction of sp³-hybridized carbons (Fsp3) is 0.231. The van der Waals surface area contributed by atoms with E-state index in [1.54, 1.807) is 6.07 Å². The van der Waals surface area contributed by atoms with E-state index in [0.717, 1.165) is 10.6 Å². The third-order valence-electron chi connectivity index (χ3n) is 2.47. The van der Waals surface area contributed by atoms with E-state index < -0.39 is 16.8 Å². The van der Waals surface area contributed by atoms with Gasteiger partial charge in [0.15, 0.2) is 0 Å². The minimum absolute atomic E-state index is 0.369. The van der Waals surface area contributed by atoms with Crippen molar-refractivity contribution in [2.75, 3.05) is 12.5 Å². The molecule has 0 unspecified atom stereocenters. The molecule has 0 atom stereocenters. The third kappa shape index (κ3) is 3.26. The first-order valence-electron chi connectivity index (χ1n) is 5.49. The average Bonchev–Trinajstić information content (AvgIpc) is 2.31. The standard InChI is InChI=1S/C13H14F2N2S/c1-18(2)13-7-9(6-12(15)17-13)5-11-4-3-10(14)8-16-11/h3-4,6-8,18H,5H2,1-2H3. The molecule has 2 heterocycles. The van der Waals surface area contributed by atoms with Crippen molar-refractivity contribution < 1.29 is 8.78 Å². The van der Waals surface area contributed by atoms with Gasteiger partial charge in [-0.1, -0.05) is 0 Å². The minimum atomic E-state index is -0.471. The minimum Gasteiger partial charge on any atom is -0.258 e. The van der Waals surface area contributed by atoms with E-state index in [2.05, 4.69) is 9.97 Å². The smallest absolute Gasteiger partial charge is 0.214 e. The second-order valence-corrected chi connectivity index (χ2v) is 6.44. The summed E-state index contributed by atoms with van der Waals surface area (Å²) in [5.41, 5.74) is 1.53. The number of hydrogen-bond acceptors (Lipinski definition) is 2. The lowest BCUT2D eigenvalue weighted by Gasteiger charge is -2.10. The van der Waals surface area contributed by atoms with E-state index >= 15 is 0 Å². The largest absolute Gasteiger partial charge is 0.258 e. The highest BCUT2D eigenvalue weighted by molar-refractivity contribution is 8.15. The predicted octanol–water partition coefficient (Wildman–Crippen LogP) is 2.97. The number of thiol groups is 1. The van der Waals surface area contributed by atoms with Gasteiger partial charge in [0, 0.05) is 12.1 Å². The zero-order valence-electron chi connectivity index (χ0n) is 10.2. The summed E-state index contributed by atoms with van der Waals surface area (Å²) in [5, 5.41) is 0.780. The Morgan fingerprint density at radius 3 is 2.56 bits per heavy atom. The molecule has 0 spiro atoms. The van der Waals surface area contributed by atoms with Gasteiger partial charge >= 0.3 is 0 Å². The zero-order valence-corrected chi connectivity index (χ0v) is 11.1. The topological polar surface area (TPSA) is 25.8 Å². The Hall–Kier alpha value is -1.49. The summed E-state index contributed by atoms with van der Waals surface area (Å²) < 4.78 is 26.1. The monoisotopic (exact) mass is 268 g/mol. The molecule has 0 aliphatic heterocycles. The molecule has 0 N–H and O–H groups in total. The van der Waals surface area contributed by atoms with Crippen LogP contribution in [0.4, 0.5) is 8.78 Å². The Labute approximate surface area is 107 Å². The Balaban J connectivity index is 2.26. The van der Waals surface area contributed by atoms with Gasteiger partial charge in [-0.2, -0.15) is 4.39 Å². The van der Waals surface area contributed by atoms with E-state index in [-0.39, 0.29) is 5.82 Å². The van der Waals surface area contributed by atoms with Crippen molar-refractivity contribution in [2.45, 2.75) is 11.4 Å². The fourth-order valence-electron chi connectivity index (χ4n) is 1.59. The molecule has 0 bridgehead atoms. The average molecular weight is 268 g/mol. The lowest BCUT2D eigenvalue weighted by atomic mass is 10.1. The van der Waals surface area contributed by atoms with Gasteiger partial charge in [-0.15, -0.1) is 0 Å². The second kappa shape index (κ2) is 5.44. The van der Waals surface area contributed by atoms with E-state index in [9.17, 15) is 8.78 Å². The van der Waals surface area contributed by atoms with Crippen LogP contribution in [0.15, 0.2) is 35.5 Å². The van der Waals surface area contributed by atoms with Crippen molar-refractivity contribution in [2.24, 2.45) is 0 Å². The van der Waals surface area contributed by atoms with Crippen LogP contribution in [-0.4, -0.2) is 22.5 Å². The number of hydrogen-bond donors (Lipinski definition) is 1. The summed E-state index contributed by atoms with van der Waals surface area (Å²) >= 11 is 0. The van der Waals surface area contributed by atoms with Crippen LogP contribution in [0.3, 0.4) is 0 Å². The third-order valence-corrected chi connectivity index (χ3v) is 3.62. The molecule has 0 aliphatic rings. The summed E-state index contributed by atoms with van der Waals surface area (Å²) in [6.07, 6.45) is 5.70. The lowest BCUT2D eigenvalue weighted by molar-refractivity contribution is 0.569. The lowest BCUT2D eigenvalue weighted by Crippen LogP contribution is -1.97. The number of pyridine rings is 2. The summed E-state index contributed by atoms with van der Waals surface area (Å²) in [6, 6.07) is 6.24. The SMILES string of the molecule is C[SH](C)c1cc(Cc2ccc(F)cn2)cc(F)n1. The van der Waals surface area contributed by atoms with Crippen molar-refractivity contribution in [3.05, 3.63) is 53.5 Å². The van der Waals surface area contributed by atoms with E-state index in [1.807, 2.05) is 18.6 Å². The van der Waals surface area contributed by atoms with Crippen LogP contribution in [0.5, 0.6) is 0 Å². The Kier molecular flexibility index (Phi) is 3.91. The maximum atomic E-state index is 13.4. The van der Waals surface area contributed by atoms with Gasteiger partial charge in [-0.05, 0) is 42.3 Å². The molecule has 2 rings (SSSR count). The summed E-state index contributed by atoms with van der Waals surface area (Å²) in [6.45, 7) is 0. The maximum Gasteiger partial charge on any atom is 0.214 e. The van der Waals surface area contributed by atoms with Gasteiger partial charge in [0.25, 0.3) is 0 Å². The van der Waals surface area contributed by atoms with Crippen LogP contribution in [0.1, 0.15) is 11.3 Å². The Morgan fingerprint density at radius 1 is 1.17 bits per heavy atom. The number of aromatic nitrogens is 2. The van der Waals surface area contributed by atoms with Gasteiger partial charge in [0.2, 0.25) is 5.95 Å². The van der Waals surface area contributed by atoms with Gasteiger partial charge in [0.1, 0.15) is 5.82 Å². The van der Waals surface area contributed by atoms with E-state index in [4.69, 9.17) is 0 Å². The molecule has 0 aliphatic carbocycles. The van der Waals surface area contributed by atoms with Crippen molar-refractivity contribution >= 4 is 10.9 Å². The van der Waals surface area contributed by atoms with Gasteiger partial charge in [-0.3, -0.25) is 4.98 Å². The first kappa shape index (κ1) is 13.0.